The molecule has 0 unspecified atom stereocenters. The van der Waals surface area contributed by atoms with E-state index in [1.165, 1.54) is 0 Å². The third kappa shape index (κ3) is 4.90. The van der Waals surface area contributed by atoms with Crippen molar-refractivity contribution in [1.82, 2.24) is 5.32 Å². The quantitative estimate of drug-likeness (QED) is 0.701. The molecule has 0 heterocycles. The second kappa shape index (κ2) is 8.52. The first-order chi connectivity index (χ1) is 9.22. The van der Waals surface area contributed by atoms with E-state index in [0.717, 1.165) is 49.2 Å². The van der Waals surface area contributed by atoms with Gasteiger partial charge in [-0.15, -0.1) is 0 Å². The third-order valence-corrected chi connectivity index (χ3v) is 3.13. The van der Waals surface area contributed by atoms with Gasteiger partial charge in [0, 0.05) is 26.7 Å². The molecule has 0 aliphatic rings. The number of anilines is 1. The van der Waals surface area contributed by atoms with Crippen LogP contribution in [0.3, 0.4) is 0 Å². The summed E-state index contributed by atoms with van der Waals surface area (Å²) in [6.07, 6.45) is 2.89. The minimum absolute atomic E-state index is 0.256. The minimum atomic E-state index is 0.256. The highest BCUT2D eigenvalue weighted by Gasteiger charge is 2.08. The van der Waals surface area contributed by atoms with Crippen molar-refractivity contribution in [2.45, 2.75) is 25.8 Å². The van der Waals surface area contributed by atoms with Gasteiger partial charge in [-0.3, -0.25) is 0 Å². The average Bonchev–Trinajstić information content (AvgIpc) is 2.43. The van der Waals surface area contributed by atoms with Crippen LogP contribution >= 0.6 is 0 Å². The number of rotatable bonds is 8. The Morgan fingerprint density at radius 2 is 2.11 bits per heavy atom. The Morgan fingerprint density at radius 3 is 2.74 bits per heavy atom. The van der Waals surface area contributed by atoms with Crippen molar-refractivity contribution in [1.29, 1.82) is 5.26 Å². The molecule has 4 heteroatoms. The molecule has 0 fully saturated rings. The SMILES string of the molecule is CNCc1ccc(N(C)CCCCCO)c(C#N)c1. The molecule has 0 saturated carbocycles. The third-order valence-electron chi connectivity index (χ3n) is 3.13. The molecule has 1 aromatic rings. The van der Waals surface area contributed by atoms with E-state index in [1.807, 2.05) is 26.2 Å². The molecule has 19 heavy (non-hydrogen) atoms. The molecule has 0 spiro atoms. The van der Waals surface area contributed by atoms with Crippen molar-refractivity contribution in [2.75, 3.05) is 32.1 Å². The molecule has 4 nitrogen and oxygen atoms in total. The maximum absolute atomic E-state index is 9.24. The number of unbranched alkanes of at least 4 members (excludes halogenated alkanes) is 2. The number of benzene rings is 1. The molecular formula is C15H23N3O. The van der Waals surface area contributed by atoms with Gasteiger partial charge >= 0.3 is 0 Å². The van der Waals surface area contributed by atoms with Gasteiger partial charge in [0.25, 0.3) is 0 Å². The highest BCUT2D eigenvalue weighted by Crippen LogP contribution is 2.21. The van der Waals surface area contributed by atoms with Crippen LogP contribution in [0.4, 0.5) is 5.69 Å². The molecule has 0 amide bonds. The zero-order valence-corrected chi connectivity index (χ0v) is 11.8. The predicted octanol–water partition coefficient (Wildman–Crippen LogP) is 1.88. The van der Waals surface area contributed by atoms with Crippen LogP contribution in [-0.2, 0) is 6.54 Å². The van der Waals surface area contributed by atoms with Crippen LogP contribution in [0, 0.1) is 11.3 Å². The number of nitriles is 1. The number of nitrogens with zero attached hydrogens (tertiary/aromatic N) is 2. The standard InChI is InChI=1S/C15H23N3O/c1-17-12-13-6-7-15(14(10-13)11-16)18(2)8-4-3-5-9-19/h6-7,10,17,19H,3-5,8-9,12H2,1-2H3. The van der Waals surface area contributed by atoms with Crippen molar-refractivity contribution in [2.24, 2.45) is 0 Å². The van der Waals surface area contributed by atoms with E-state index in [1.54, 1.807) is 0 Å². The number of hydrogen-bond acceptors (Lipinski definition) is 4. The molecular weight excluding hydrogens is 238 g/mol. The fraction of sp³-hybridized carbons (Fsp3) is 0.533. The van der Waals surface area contributed by atoms with Crippen molar-refractivity contribution < 1.29 is 5.11 Å². The van der Waals surface area contributed by atoms with E-state index in [0.29, 0.717) is 0 Å². The summed E-state index contributed by atoms with van der Waals surface area (Å²) in [5.74, 6) is 0. The highest BCUT2D eigenvalue weighted by atomic mass is 16.2. The number of nitrogens with one attached hydrogen (secondary N) is 1. The molecule has 0 atom stereocenters. The fourth-order valence-corrected chi connectivity index (χ4v) is 2.08. The largest absolute Gasteiger partial charge is 0.396 e. The number of aliphatic hydroxyl groups is 1. The Bertz CT molecular complexity index is 426. The molecule has 0 bridgehead atoms. The van der Waals surface area contributed by atoms with E-state index in [4.69, 9.17) is 5.11 Å². The Labute approximate surface area is 115 Å². The fourth-order valence-electron chi connectivity index (χ4n) is 2.08. The van der Waals surface area contributed by atoms with Crippen molar-refractivity contribution in [3.63, 3.8) is 0 Å². The van der Waals surface area contributed by atoms with Gasteiger partial charge in [0.2, 0.25) is 0 Å². The Kier molecular flexibility index (Phi) is 6.94. The maximum atomic E-state index is 9.24. The van der Waals surface area contributed by atoms with Gasteiger partial charge in [-0.2, -0.15) is 5.26 Å². The summed E-state index contributed by atoms with van der Waals surface area (Å²) in [5.41, 5.74) is 2.82. The van der Waals surface area contributed by atoms with Crippen LogP contribution < -0.4 is 10.2 Å². The van der Waals surface area contributed by atoms with Crippen LogP contribution in [0.2, 0.25) is 0 Å². The van der Waals surface area contributed by atoms with E-state index in [9.17, 15) is 5.26 Å². The van der Waals surface area contributed by atoms with Gasteiger partial charge in [-0.25, -0.2) is 0 Å². The van der Waals surface area contributed by atoms with Crippen LogP contribution in [0.15, 0.2) is 18.2 Å². The number of hydrogen-bond donors (Lipinski definition) is 2. The van der Waals surface area contributed by atoms with E-state index in [-0.39, 0.29) is 6.61 Å². The first-order valence-corrected chi connectivity index (χ1v) is 6.72. The van der Waals surface area contributed by atoms with Crippen molar-refractivity contribution in [3.05, 3.63) is 29.3 Å². The first-order valence-electron chi connectivity index (χ1n) is 6.72. The van der Waals surface area contributed by atoms with E-state index in [2.05, 4.69) is 22.4 Å². The minimum Gasteiger partial charge on any atom is -0.396 e. The van der Waals surface area contributed by atoms with Gasteiger partial charge in [-0.1, -0.05) is 6.07 Å². The van der Waals surface area contributed by atoms with Crippen LogP contribution in [-0.4, -0.2) is 32.4 Å². The van der Waals surface area contributed by atoms with Gasteiger partial charge in [-0.05, 0) is 44.0 Å². The van der Waals surface area contributed by atoms with Crippen LogP contribution in [0.1, 0.15) is 30.4 Å². The smallest absolute Gasteiger partial charge is 0.101 e. The lowest BCUT2D eigenvalue weighted by Gasteiger charge is -2.21. The molecule has 1 aromatic carbocycles. The molecule has 0 aliphatic heterocycles. The lowest BCUT2D eigenvalue weighted by Crippen LogP contribution is -2.20. The summed E-state index contributed by atoms with van der Waals surface area (Å²) in [6.45, 7) is 1.93. The van der Waals surface area contributed by atoms with Gasteiger partial charge in [0.15, 0.2) is 0 Å². The van der Waals surface area contributed by atoms with Crippen LogP contribution in [0.5, 0.6) is 0 Å². The van der Waals surface area contributed by atoms with Crippen molar-refractivity contribution in [3.8, 4) is 6.07 Å². The molecule has 1 rings (SSSR count). The van der Waals surface area contributed by atoms with Gasteiger partial charge in [0.1, 0.15) is 6.07 Å². The zero-order valence-electron chi connectivity index (χ0n) is 11.8. The lowest BCUT2D eigenvalue weighted by atomic mass is 10.1. The molecule has 0 aromatic heterocycles. The number of aliphatic hydroxyl groups excluding tert-OH is 1. The second-order valence-corrected chi connectivity index (χ2v) is 4.70. The molecule has 104 valence electrons. The normalized spacial score (nSPS) is 10.2. The van der Waals surface area contributed by atoms with Gasteiger partial charge in [0.05, 0.1) is 11.3 Å². The van der Waals surface area contributed by atoms with Crippen LogP contribution in [0.25, 0.3) is 0 Å². The van der Waals surface area contributed by atoms with E-state index < -0.39 is 0 Å². The summed E-state index contributed by atoms with van der Waals surface area (Å²) < 4.78 is 0. The first kappa shape index (κ1) is 15.5. The van der Waals surface area contributed by atoms with Gasteiger partial charge < -0.3 is 15.3 Å². The predicted molar refractivity (Wildman–Crippen MR) is 78.1 cm³/mol. The Balaban J connectivity index is 2.68. The Hall–Kier alpha value is -1.57. The molecule has 2 N–H and O–H groups in total. The summed E-state index contributed by atoms with van der Waals surface area (Å²) in [6, 6.07) is 8.27. The molecule has 0 saturated heterocycles. The summed E-state index contributed by atoms with van der Waals surface area (Å²) in [5, 5.41) is 21.1. The molecule has 0 radical (unpaired) electrons. The maximum Gasteiger partial charge on any atom is 0.101 e. The van der Waals surface area contributed by atoms with Crippen molar-refractivity contribution >= 4 is 5.69 Å². The second-order valence-electron chi connectivity index (χ2n) is 4.70. The molecule has 0 aliphatic carbocycles. The summed E-state index contributed by atoms with van der Waals surface area (Å²) in [7, 11) is 3.90. The van der Waals surface area contributed by atoms with E-state index >= 15 is 0 Å². The Morgan fingerprint density at radius 1 is 1.32 bits per heavy atom. The average molecular weight is 261 g/mol. The summed E-state index contributed by atoms with van der Waals surface area (Å²) in [4.78, 5) is 2.11. The highest BCUT2D eigenvalue weighted by molar-refractivity contribution is 5.60. The zero-order chi connectivity index (χ0) is 14.1. The topological polar surface area (TPSA) is 59.3 Å². The monoisotopic (exact) mass is 261 g/mol. The lowest BCUT2D eigenvalue weighted by molar-refractivity contribution is 0.283. The summed E-state index contributed by atoms with van der Waals surface area (Å²) >= 11 is 0.